The molecule has 1 rings (SSSR count). The molecule has 0 N–H and O–H groups in total. The van der Waals surface area contributed by atoms with Crippen LogP contribution in [0.3, 0.4) is 0 Å². The number of rotatable bonds is 3. The van der Waals surface area contributed by atoms with Gasteiger partial charge in [0.05, 0.1) is 0 Å². The van der Waals surface area contributed by atoms with Gasteiger partial charge in [0, 0.05) is 16.0 Å². The van der Waals surface area contributed by atoms with Crippen LogP contribution in [0.4, 0.5) is 0 Å². The fraction of sp³-hybridized carbons (Fsp3) is 0.417. The molecule has 0 aromatic heterocycles. The Morgan fingerprint density at radius 2 is 2.14 bits per heavy atom. The molecule has 14 heavy (non-hydrogen) atoms. The summed E-state index contributed by atoms with van der Waals surface area (Å²) in [6.07, 6.45) is 0.888. The monoisotopic (exact) mass is 254 g/mol. The third kappa shape index (κ3) is 2.44. The second kappa shape index (κ2) is 4.74. The summed E-state index contributed by atoms with van der Waals surface area (Å²) in [5.41, 5.74) is 1.96. The molecule has 1 nitrogen and oxygen atoms in total. The maximum absolute atomic E-state index is 11.9. The summed E-state index contributed by atoms with van der Waals surface area (Å²) in [6, 6.07) is 5.85. The molecule has 0 aliphatic carbocycles. The maximum atomic E-state index is 11.9. The summed E-state index contributed by atoms with van der Waals surface area (Å²) >= 11 is 3.42. The average molecular weight is 255 g/mol. The first-order valence-corrected chi connectivity index (χ1v) is 5.66. The minimum absolute atomic E-state index is 0.106. The largest absolute Gasteiger partial charge is 0.294 e. The van der Waals surface area contributed by atoms with Gasteiger partial charge in [0.25, 0.3) is 0 Å². The Balaban J connectivity index is 3.02. The topological polar surface area (TPSA) is 17.1 Å². The van der Waals surface area contributed by atoms with E-state index in [1.54, 1.807) is 0 Å². The van der Waals surface area contributed by atoms with Crippen molar-refractivity contribution < 1.29 is 4.79 Å². The van der Waals surface area contributed by atoms with Gasteiger partial charge in [-0.15, -0.1) is 0 Å². The van der Waals surface area contributed by atoms with Gasteiger partial charge in [-0.05, 0) is 31.0 Å². The molecule has 1 aromatic carbocycles. The molecule has 1 aromatic rings. The Kier molecular flexibility index (Phi) is 3.87. The van der Waals surface area contributed by atoms with E-state index in [9.17, 15) is 4.79 Å². The Morgan fingerprint density at radius 1 is 1.50 bits per heavy atom. The van der Waals surface area contributed by atoms with Crippen LogP contribution in [-0.4, -0.2) is 5.78 Å². The van der Waals surface area contributed by atoms with Crippen molar-refractivity contribution >= 4 is 21.7 Å². The van der Waals surface area contributed by atoms with Crippen molar-refractivity contribution in [3.05, 3.63) is 33.8 Å². The maximum Gasteiger partial charge on any atom is 0.166 e. The molecule has 0 fully saturated rings. The normalized spacial score (nSPS) is 12.6. The Labute approximate surface area is 93.7 Å². The van der Waals surface area contributed by atoms with Gasteiger partial charge in [-0.25, -0.2) is 0 Å². The van der Waals surface area contributed by atoms with E-state index in [4.69, 9.17) is 0 Å². The lowest BCUT2D eigenvalue weighted by Crippen LogP contribution is -2.10. The van der Waals surface area contributed by atoms with Gasteiger partial charge in [0.2, 0.25) is 0 Å². The molecule has 0 bridgehead atoms. The molecule has 0 spiro atoms. The number of halogens is 1. The van der Waals surface area contributed by atoms with Gasteiger partial charge >= 0.3 is 0 Å². The van der Waals surface area contributed by atoms with Crippen LogP contribution < -0.4 is 0 Å². The van der Waals surface area contributed by atoms with E-state index in [1.807, 2.05) is 39.0 Å². The first-order valence-electron chi connectivity index (χ1n) is 4.86. The van der Waals surface area contributed by atoms with Crippen molar-refractivity contribution in [3.63, 3.8) is 0 Å². The van der Waals surface area contributed by atoms with E-state index >= 15 is 0 Å². The van der Waals surface area contributed by atoms with Crippen molar-refractivity contribution in [2.75, 3.05) is 0 Å². The number of hydrogen-bond acceptors (Lipinski definition) is 1. The quantitative estimate of drug-likeness (QED) is 0.746. The SMILES string of the molecule is CCC(C)C(=O)c1ccc(C)cc1Br. The van der Waals surface area contributed by atoms with Gasteiger partial charge < -0.3 is 0 Å². The molecule has 1 unspecified atom stereocenters. The smallest absolute Gasteiger partial charge is 0.166 e. The highest BCUT2D eigenvalue weighted by atomic mass is 79.9. The number of Topliss-reactive ketones (excluding diaryl/α,β-unsaturated/α-hetero) is 1. The van der Waals surface area contributed by atoms with Crippen molar-refractivity contribution in [1.29, 1.82) is 0 Å². The van der Waals surface area contributed by atoms with E-state index in [0.717, 1.165) is 22.0 Å². The summed E-state index contributed by atoms with van der Waals surface area (Å²) in [5, 5.41) is 0. The fourth-order valence-electron chi connectivity index (χ4n) is 1.27. The summed E-state index contributed by atoms with van der Waals surface area (Å²) in [6.45, 7) is 6.02. The van der Waals surface area contributed by atoms with Crippen molar-refractivity contribution in [3.8, 4) is 0 Å². The Morgan fingerprint density at radius 3 is 2.64 bits per heavy atom. The molecule has 76 valence electrons. The lowest BCUT2D eigenvalue weighted by Gasteiger charge is -2.09. The van der Waals surface area contributed by atoms with Gasteiger partial charge in [-0.2, -0.15) is 0 Å². The predicted molar refractivity (Wildman–Crippen MR) is 62.7 cm³/mol. The number of benzene rings is 1. The van der Waals surface area contributed by atoms with Crippen LogP contribution in [0.1, 0.15) is 36.2 Å². The highest BCUT2D eigenvalue weighted by molar-refractivity contribution is 9.10. The summed E-state index contributed by atoms with van der Waals surface area (Å²) < 4.78 is 0.905. The fourth-order valence-corrected chi connectivity index (χ4v) is 1.96. The predicted octanol–water partition coefficient (Wildman–Crippen LogP) is 3.99. The van der Waals surface area contributed by atoms with Gasteiger partial charge in [-0.1, -0.05) is 35.8 Å². The highest BCUT2D eigenvalue weighted by Gasteiger charge is 2.15. The molecule has 0 amide bonds. The van der Waals surface area contributed by atoms with Crippen LogP contribution in [0.5, 0.6) is 0 Å². The molecular weight excluding hydrogens is 240 g/mol. The zero-order valence-corrected chi connectivity index (χ0v) is 10.4. The number of aryl methyl sites for hydroxylation is 1. The summed E-state index contributed by atoms with van der Waals surface area (Å²) in [5.74, 6) is 0.327. The second-order valence-electron chi connectivity index (χ2n) is 3.66. The first kappa shape index (κ1) is 11.4. The van der Waals surface area contributed by atoms with Crippen molar-refractivity contribution in [2.24, 2.45) is 5.92 Å². The molecule has 0 aliphatic heterocycles. The zero-order chi connectivity index (χ0) is 10.7. The third-order valence-electron chi connectivity index (χ3n) is 2.45. The van der Waals surface area contributed by atoms with E-state index < -0.39 is 0 Å². The minimum Gasteiger partial charge on any atom is -0.294 e. The van der Waals surface area contributed by atoms with Crippen LogP contribution in [0.25, 0.3) is 0 Å². The Hall–Kier alpha value is -0.630. The lowest BCUT2D eigenvalue weighted by molar-refractivity contribution is 0.0926. The minimum atomic E-state index is 0.106. The number of ketones is 1. The molecule has 0 radical (unpaired) electrons. The summed E-state index contributed by atoms with van der Waals surface area (Å²) in [7, 11) is 0. The van der Waals surface area contributed by atoms with Gasteiger partial charge in [0.1, 0.15) is 0 Å². The van der Waals surface area contributed by atoms with E-state index in [2.05, 4.69) is 15.9 Å². The van der Waals surface area contributed by atoms with E-state index in [1.165, 1.54) is 0 Å². The molecule has 2 heteroatoms. The van der Waals surface area contributed by atoms with Crippen LogP contribution in [0, 0.1) is 12.8 Å². The van der Waals surface area contributed by atoms with E-state index in [-0.39, 0.29) is 11.7 Å². The van der Waals surface area contributed by atoms with Gasteiger partial charge in [0.15, 0.2) is 5.78 Å². The molecule has 1 atom stereocenters. The zero-order valence-electron chi connectivity index (χ0n) is 8.80. The van der Waals surface area contributed by atoms with E-state index in [0.29, 0.717) is 0 Å². The molecular formula is C12H15BrO. The third-order valence-corrected chi connectivity index (χ3v) is 3.11. The molecule has 0 aliphatic rings. The Bertz CT molecular complexity index is 344. The summed E-state index contributed by atoms with van der Waals surface area (Å²) in [4.78, 5) is 11.9. The van der Waals surface area contributed by atoms with Crippen molar-refractivity contribution in [1.82, 2.24) is 0 Å². The van der Waals surface area contributed by atoms with Gasteiger partial charge in [-0.3, -0.25) is 4.79 Å². The van der Waals surface area contributed by atoms with Crippen molar-refractivity contribution in [2.45, 2.75) is 27.2 Å². The van der Waals surface area contributed by atoms with Crippen LogP contribution in [-0.2, 0) is 0 Å². The lowest BCUT2D eigenvalue weighted by atomic mass is 9.97. The van der Waals surface area contributed by atoms with Crippen LogP contribution >= 0.6 is 15.9 Å². The number of carbonyl (C=O) groups excluding carboxylic acids is 1. The molecule has 0 heterocycles. The average Bonchev–Trinajstić information content (AvgIpc) is 2.15. The number of carbonyl (C=O) groups is 1. The second-order valence-corrected chi connectivity index (χ2v) is 4.51. The van der Waals surface area contributed by atoms with Crippen LogP contribution in [0.15, 0.2) is 22.7 Å². The molecule has 0 saturated carbocycles. The standard InChI is InChI=1S/C12H15BrO/c1-4-9(3)12(14)10-6-5-8(2)7-11(10)13/h5-7,9H,4H2,1-3H3. The molecule has 0 saturated heterocycles. The number of hydrogen-bond donors (Lipinski definition) is 0. The highest BCUT2D eigenvalue weighted by Crippen LogP contribution is 2.22. The first-order chi connectivity index (χ1) is 6.56. The van der Waals surface area contributed by atoms with Crippen LogP contribution in [0.2, 0.25) is 0 Å².